The van der Waals surface area contributed by atoms with Crippen LogP contribution in [0.15, 0.2) is 0 Å². The summed E-state index contributed by atoms with van der Waals surface area (Å²) in [6.07, 6.45) is 1.89. The van der Waals surface area contributed by atoms with Gasteiger partial charge in [0.1, 0.15) is 6.04 Å². The van der Waals surface area contributed by atoms with Gasteiger partial charge in [0.25, 0.3) is 0 Å². The molecule has 0 aromatic carbocycles. The molecule has 0 aliphatic carbocycles. The van der Waals surface area contributed by atoms with Gasteiger partial charge in [-0.15, -0.1) is 0 Å². The smallest absolute Gasteiger partial charge is 0.325 e. The average Bonchev–Trinajstić information content (AvgIpc) is 2.34. The van der Waals surface area contributed by atoms with Crippen molar-refractivity contribution in [3.05, 3.63) is 0 Å². The SMILES string of the molecule is CCN(CC)CCCC(C)NC(=O)N[C@@H](C)C(=O)O. The monoisotopic (exact) mass is 273 g/mol. The Morgan fingerprint density at radius 3 is 2.21 bits per heavy atom. The molecule has 0 aliphatic rings. The molecule has 0 fully saturated rings. The molecule has 0 aromatic rings. The first-order valence-corrected chi connectivity index (χ1v) is 6.92. The van der Waals surface area contributed by atoms with Crippen LogP contribution in [0, 0.1) is 0 Å². The molecule has 19 heavy (non-hydrogen) atoms. The molecule has 0 radical (unpaired) electrons. The number of carbonyl (C=O) groups is 2. The predicted octanol–water partition coefficient (Wildman–Crippen LogP) is 1.27. The quantitative estimate of drug-likeness (QED) is 0.591. The van der Waals surface area contributed by atoms with Crippen molar-refractivity contribution in [3.63, 3.8) is 0 Å². The Kier molecular flexibility index (Phi) is 8.95. The molecule has 0 spiro atoms. The summed E-state index contributed by atoms with van der Waals surface area (Å²) in [5.74, 6) is -1.04. The molecular weight excluding hydrogens is 246 g/mol. The Balaban J connectivity index is 3.82. The molecule has 0 heterocycles. The van der Waals surface area contributed by atoms with Gasteiger partial charge in [-0.25, -0.2) is 4.79 Å². The minimum absolute atomic E-state index is 0.0385. The maximum absolute atomic E-state index is 11.5. The number of carboxylic acid groups (broad SMARTS) is 1. The number of hydrogen-bond donors (Lipinski definition) is 3. The zero-order chi connectivity index (χ0) is 14.8. The van der Waals surface area contributed by atoms with Crippen LogP contribution in [0.5, 0.6) is 0 Å². The van der Waals surface area contributed by atoms with Crippen LogP contribution in [0.3, 0.4) is 0 Å². The molecule has 0 saturated carbocycles. The van der Waals surface area contributed by atoms with E-state index >= 15 is 0 Å². The Bertz CT molecular complexity index is 280. The fourth-order valence-corrected chi connectivity index (χ4v) is 1.76. The molecular formula is C13H27N3O3. The van der Waals surface area contributed by atoms with Crippen LogP contribution in [0.4, 0.5) is 4.79 Å². The third kappa shape index (κ3) is 8.42. The molecule has 0 aromatic heterocycles. The van der Waals surface area contributed by atoms with Gasteiger partial charge in [-0.3, -0.25) is 4.79 Å². The molecule has 2 atom stereocenters. The highest BCUT2D eigenvalue weighted by Gasteiger charge is 2.15. The summed E-state index contributed by atoms with van der Waals surface area (Å²) in [7, 11) is 0. The first-order valence-electron chi connectivity index (χ1n) is 6.92. The van der Waals surface area contributed by atoms with E-state index in [1.807, 2.05) is 6.92 Å². The van der Waals surface area contributed by atoms with Gasteiger partial charge in [-0.2, -0.15) is 0 Å². The molecule has 0 rings (SSSR count). The lowest BCUT2D eigenvalue weighted by Crippen LogP contribution is -2.47. The molecule has 1 unspecified atom stereocenters. The number of aliphatic carboxylic acids is 1. The van der Waals surface area contributed by atoms with Crippen molar-refractivity contribution in [1.29, 1.82) is 0 Å². The first-order chi connectivity index (χ1) is 8.90. The highest BCUT2D eigenvalue weighted by atomic mass is 16.4. The van der Waals surface area contributed by atoms with Crippen LogP contribution in [0.2, 0.25) is 0 Å². The number of nitrogens with zero attached hydrogens (tertiary/aromatic N) is 1. The molecule has 0 aliphatic heterocycles. The maximum Gasteiger partial charge on any atom is 0.325 e. The lowest BCUT2D eigenvalue weighted by atomic mass is 10.2. The molecule has 6 heteroatoms. The van der Waals surface area contributed by atoms with Gasteiger partial charge < -0.3 is 20.6 Å². The van der Waals surface area contributed by atoms with Gasteiger partial charge in [0, 0.05) is 6.04 Å². The largest absolute Gasteiger partial charge is 0.480 e. The van der Waals surface area contributed by atoms with Crippen molar-refractivity contribution in [3.8, 4) is 0 Å². The zero-order valence-corrected chi connectivity index (χ0v) is 12.4. The number of amides is 2. The van der Waals surface area contributed by atoms with Gasteiger partial charge in [0.15, 0.2) is 0 Å². The lowest BCUT2D eigenvalue weighted by Gasteiger charge is -2.20. The van der Waals surface area contributed by atoms with Crippen LogP contribution in [0.1, 0.15) is 40.5 Å². The van der Waals surface area contributed by atoms with Crippen LogP contribution in [-0.4, -0.2) is 53.7 Å². The van der Waals surface area contributed by atoms with Gasteiger partial charge in [0.2, 0.25) is 0 Å². The van der Waals surface area contributed by atoms with Crippen LogP contribution in [-0.2, 0) is 4.79 Å². The van der Waals surface area contributed by atoms with E-state index in [4.69, 9.17) is 5.11 Å². The summed E-state index contributed by atoms with van der Waals surface area (Å²) in [5.41, 5.74) is 0. The summed E-state index contributed by atoms with van der Waals surface area (Å²) < 4.78 is 0. The summed E-state index contributed by atoms with van der Waals surface area (Å²) in [6, 6.07) is -1.26. The van der Waals surface area contributed by atoms with E-state index in [2.05, 4.69) is 29.4 Å². The summed E-state index contributed by atoms with van der Waals surface area (Å²) in [5, 5.41) is 13.8. The number of carbonyl (C=O) groups excluding carboxylic acids is 1. The molecule has 0 bridgehead atoms. The second-order valence-electron chi connectivity index (χ2n) is 4.75. The van der Waals surface area contributed by atoms with Crippen LogP contribution >= 0.6 is 0 Å². The standard InChI is InChI=1S/C13H27N3O3/c1-5-16(6-2)9-7-8-10(3)14-13(19)15-11(4)12(17)18/h10-11H,5-9H2,1-4H3,(H,17,18)(H2,14,15,19)/t10?,11-/m0/s1. The zero-order valence-electron chi connectivity index (χ0n) is 12.4. The number of carboxylic acids is 1. The minimum Gasteiger partial charge on any atom is -0.480 e. The molecule has 2 amide bonds. The van der Waals surface area contributed by atoms with Crippen molar-refractivity contribution < 1.29 is 14.7 Å². The molecule has 0 saturated heterocycles. The molecule has 112 valence electrons. The van der Waals surface area contributed by atoms with Gasteiger partial charge in [-0.1, -0.05) is 13.8 Å². The molecule has 3 N–H and O–H groups in total. The van der Waals surface area contributed by atoms with E-state index in [1.54, 1.807) is 0 Å². The van der Waals surface area contributed by atoms with Crippen molar-refractivity contribution in [2.45, 2.75) is 52.6 Å². The van der Waals surface area contributed by atoms with Gasteiger partial charge in [-0.05, 0) is 46.3 Å². The van der Waals surface area contributed by atoms with E-state index < -0.39 is 18.0 Å². The maximum atomic E-state index is 11.5. The molecule has 6 nitrogen and oxygen atoms in total. The third-order valence-electron chi connectivity index (χ3n) is 3.10. The highest BCUT2D eigenvalue weighted by Crippen LogP contribution is 1.99. The summed E-state index contributed by atoms with van der Waals surface area (Å²) >= 11 is 0. The third-order valence-corrected chi connectivity index (χ3v) is 3.10. The summed E-state index contributed by atoms with van der Waals surface area (Å²) in [6.45, 7) is 10.7. The Morgan fingerprint density at radius 2 is 1.74 bits per heavy atom. The second-order valence-corrected chi connectivity index (χ2v) is 4.75. The Hall–Kier alpha value is -1.30. The number of rotatable bonds is 9. The highest BCUT2D eigenvalue weighted by molar-refractivity contribution is 5.82. The lowest BCUT2D eigenvalue weighted by molar-refractivity contribution is -0.138. The second kappa shape index (κ2) is 9.61. The predicted molar refractivity (Wildman–Crippen MR) is 75.2 cm³/mol. The van der Waals surface area contributed by atoms with Gasteiger partial charge >= 0.3 is 12.0 Å². The average molecular weight is 273 g/mol. The van der Waals surface area contributed by atoms with Crippen LogP contribution in [0.25, 0.3) is 0 Å². The van der Waals surface area contributed by atoms with Crippen molar-refractivity contribution in [2.75, 3.05) is 19.6 Å². The number of hydrogen-bond acceptors (Lipinski definition) is 3. The van der Waals surface area contributed by atoms with E-state index in [-0.39, 0.29) is 6.04 Å². The van der Waals surface area contributed by atoms with Crippen molar-refractivity contribution in [2.24, 2.45) is 0 Å². The van der Waals surface area contributed by atoms with Crippen molar-refractivity contribution >= 4 is 12.0 Å². The normalized spacial score (nSPS) is 13.9. The van der Waals surface area contributed by atoms with Crippen molar-refractivity contribution in [1.82, 2.24) is 15.5 Å². The number of urea groups is 1. The van der Waals surface area contributed by atoms with E-state index in [1.165, 1.54) is 6.92 Å². The van der Waals surface area contributed by atoms with E-state index in [9.17, 15) is 9.59 Å². The van der Waals surface area contributed by atoms with E-state index in [0.29, 0.717) is 0 Å². The number of nitrogens with one attached hydrogen (secondary N) is 2. The van der Waals surface area contributed by atoms with E-state index in [0.717, 1.165) is 32.5 Å². The summed E-state index contributed by atoms with van der Waals surface area (Å²) in [4.78, 5) is 24.4. The van der Waals surface area contributed by atoms with Gasteiger partial charge in [0.05, 0.1) is 0 Å². The Morgan fingerprint density at radius 1 is 1.16 bits per heavy atom. The minimum atomic E-state index is -1.04. The topological polar surface area (TPSA) is 81.7 Å². The fraction of sp³-hybridized carbons (Fsp3) is 0.846. The Labute approximate surface area is 115 Å². The van der Waals surface area contributed by atoms with Crippen LogP contribution < -0.4 is 10.6 Å². The fourth-order valence-electron chi connectivity index (χ4n) is 1.76. The first kappa shape index (κ1) is 17.7.